The summed E-state index contributed by atoms with van der Waals surface area (Å²) in [5, 5.41) is 8.79. The summed E-state index contributed by atoms with van der Waals surface area (Å²) in [6, 6.07) is 3.88. The number of anilines is 1. The molecule has 4 rings (SSSR count). The number of likely N-dealkylation sites (tertiary alicyclic amines) is 1. The van der Waals surface area contributed by atoms with E-state index in [0.717, 1.165) is 35.4 Å². The molecular weight excluding hydrogens is 326 g/mol. The SMILES string of the molecule is Cn1ncc2c(NCCCCN3CCCC3)nc(-c3cccnc3)nc21. The van der Waals surface area contributed by atoms with Gasteiger partial charge in [-0.25, -0.2) is 9.97 Å². The topological polar surface area (TPSA) is 71.8 Å². The van der Waals surface area contributed by atoms with Gasteiger partial charge >= 0.3 is 0 Å². The molecule has 0 bridgehead atoms. The van der Waals surface area contributed by atoms with Crippen LogP contribution in [0.4, 0.5) is 5.82 Å². The molecule has 0 saturated carbocycles. The Labute approximate surface area is 153 Å². The minimum Gasteiger partial charge on any atom is -0.369 e. The minimum absolute atomic E-state index is 0.675. The summed E-state index contributed by atoms with van der Waals surface area (Å²) >= 11 is 0. The summed E-state index contributed by atoms with van der Waals surface area (Å²) in [7, 11) is 1.90. The number of hydrogen-bond donors (Lipinski definition) is 1. The number of hydrogen-bond acceptors (Lipinski definition) is 6. The van der Waals surface area contributed by atoms with E-state index in [1.165, 1.54) is 38.9 Å². The maximum atomic E-state index is 4.73. The molecule has 0 amide bonds. The van der Waals surface area contributed by atoms with E-state index in [1.807, 2.05) is 25.4 Å². The highest BCUT2D eigenvalue weighted by Crippen LogP contribution is 2.24. The van der Waals surface area contributed by atoms with Gasteiger partial charge in [0.05, 0.1) is 11.6 Å². The van der Waals surface area contributed by atoms with Crippen molar-refractivity contribution in [2.45, 2.75) is 25.7 Å². The van der Waals surface area contributed by atoms with Gasteiger partial charge < -0.3 is 10.2 Å². The van der Waals surface area contributed by atoms with E-state index in [0.29, 0.717) is 5.82 Å². The Bertz CT molecular complexity index is 853. The number of rotatable bonds is 7. The number of fused-ring (bicyclic) bond motifs is 1. The quantitative estimate of drug-likeness (QED) is 0.660. The van der Waals surface area contributed by atoms with Crippen molar-refractivity contribution in [1.29, 1.82) is 0 Å². The molecule has 1 aliphatic heterocycles. The first-order chi connectivity index (χ1) is 12.8. The van der Waals surface area contributed by atoms with Gasteiger partial charge in [-0.05, 0) is 57.5 Å². The zero-order chi connectivity index (χ0) is 17.8. The zero-order valence-corrected chi connectivity index (χ0v) is 15.2. The van der Waals surface area contributed by atoms with Gasteiger partial charge in [0, 0.05) is 31.5 Å². The van der Waals surface area contributed by atoms with Crippen molar-refractivity contribution in [3.8, 4) is 11.4 Å². The van der Waals surface area contributed by atoms with Gasteiger partial charge in [0.15, 0.2) is 11.5 Å². The molecule has 1 N–H and O–H groups in total. The largest absolute Gasteiger partial charge is 0.369 e. The van der Waals surface area contributed by atoms with E-state index in [-0.39, 0.29) is 0 Å². The predicted molar refractivity (Wildman–Crippen MR) is 103 cm³/mol. The molecule has 7 heteroatoms. The molecule has 1 fully saturated rings. The maximum Gasteiger partial charge on any atom is 0.165 e. The third-order valence-electron chi connectivity index (χ3n) is 4.90. The first-order valence-corrected chi connectivity index (χ1v) is 9.37. The highest BCUT2D eigenvalue weighted by atomic mass is 15.3. The number of aromatic nitrogens is 5. The van der Waals surface area contributed by atoms with Gasteiger partial charge in [0.2, 0.25) is 0 Å². The van der Waals surface area contributed by atoms with Crippen LogP contribution in [0.2, 0.25) is 0 Å². The van der Waals surface area contributed by atoms with Crippen LogP contribution in [0.3, 0.4) is 0 Å². The summed E-state index contributed by atoms with van der Waals surface area (Å²) in [5.74, 6) is 1.52. The highest BCUT2D eigenvalue weighted by molar-refractivity contribution is 5.88. The Morgan fingerprint density at radius 3 is 2.81 bits per heavy atom. The molecule has 0 aromatic carbocycles. The molecule has 26 heavy (non-hydrogen) atoms. The van der Waals surface area contributed by atoms with E-state index in [9.17, 15) is 0 Å². The third-order valence-corrected chi connectivity index (χ3v) is 4.90. The normalized spacial score (nSPS) is 15.0. The zero-order valence-electron chi connectivity index (χ0n) is 15.2. The van der Waals surface area contributed by atoms with E-state index < -0.39 is 0 Å². The molecule has 3 aromatic rings. The summed E-state index contributed by atoms with van der Waals surface area (Å²) < 4.78 is 1.79. The lowest BCUT2D eigenvalue weighted by Gasteiger charge is -2.14. The van der Waals surface area contributed by atoms with Gasteiger partial charge in [-0.2, -0.15) is 5.10 Å². The van der Waals surface area contributed by atoms with Crippen molar-refractivity contribution >= 4 is 16.9 Å². The molecule has 3 aromatic heterocycles. The molecule has 0 unspecified atom stereocenters. The van der Waals surface area contributed by atoms with Crippen LogP contribution in [0, 0.1) is 0 Å². The van der Waals surface area contributed by atoms with Crippen LogP contribution < -0.4 is 5.32 Å². The summed E-state index contributed by atoms with van der Waals surface area (Å²) in [6.07, 6.45) is 10.4. The lowest BCUT2D eigenvalue weighted by atomic mass is 10.2. The van der Waals surface area contributed by atoms with Crippen LogP contribution in [0.5, 0.6) is 0 Å². The molecule has 4 heterocycles. The van der Waals surface area contributed by atoms with Crippen LogP contribution in [0.15, 0.2) is 30.7 Å². The van der Waals surface area contributed by atoms with E-state index in [1.54, 1.807) is 17.1 Å². The van der Waals surface area contributed by atoms with E-state index in [4.69, 9.17) is 4.98 Å². The standard InChI is InChI=1S/C19H25N7/c1-25-19-16(14-22-25)18(21-9-2-3-10-26-11-4-5-12-26)23-17(24-19)15-7-6-8-20-13-15/h6-8,13-14H,2-5,9-12H2,1H3,(H,21,23,24). The second-order valence-electron chi connectivity index (χ2n) is 6.83. The monoisotopic (exact) mass is 351 g/mol. The first-order valence-electron chi connectivity index (χ1n) is 9.37. The lowest BCUT2D eigenvalue weighted by molar-refractivity contribution is 0.331. The van der Waals surface area contributed by atoms with Crippen LogP contribution in [-0.2, 0) is 7.05 Å². The molecule has 1 saturated heterocycles. The van der Waals surface area contributed by atoms with Crippen molar-refractivity contribution in [3.05, 3.63) is 30.7 Å². The molecule has 0 spiro atoms. The predicted octanol–water partition coefficient (Wildman–Crippen LogP) is 2.71. The van der Waals surface area contributed by atoms with Gasteiger partial charge in [0.1, 0.15) is 5.82 Å². The lowest BCUT2D eigenvalue weighted by Crippen LogP contribution is -2.21. The van der Waals surface area contributed by atoms with E-state index in [2.05, 4.69) is 25.3 Å². The van der Waals surface area contributed by atoms with Crippen molar-refractivity contribution in [2.75, 3.05) is 31.5 Å². The van der Waals surface area contributed by atoms with Crippen LogP contribution in [0.1, 0.15) is 25.7 Å². The number of nitrogens with zero attached hydrogens (tertiary/aromatic N) is 6. The molecular formula is C19H25N7. The Balaban J connectivity index is 1.46. The van der Waals surface area contributed by atoms with Gasteiger partial charge in [-0.3, -0.25) is 9.67 Å². The molecule has 7 nitrogen and oxygen atoms in total. The van der Waals surface area contributed by atoms with Crippen molar-refractivity contribution < 1.29 is 0 Å². The average molecular weight is 351 g/mol. The highest BCUT2D eigenvalue weighted by Gasteiger charge is 2.13. The Morgan fingerprint density at radius 2 is 2.00 bits per heavy atom. The average Bonchev–Trinajstić information content (AvgIpc) is 3.32. The summed E-state index contributed by atoms with van der Waals surface area (Å²) in [6.45, 7) is 4.64. The van der Waals surface area contributed by atoms with Crippen molar-refractivity contribution in [2.24, 2.45) is 7.05 Å². The number of unbranched alkanes of at least 4 members (excludes halogenated alkanes) is 1. The molecule has 0 atom stereocenters. The van der Waals surface area contributed by atoms with Crippen LogP contribution in [0.25, 0.3) is 22.4 Å². The number of pyridine rings is 1. The second kappa shape index (κ2) is 7.78. The smallest absolute Gasteiger partial charge is 0.165 e. The van der Waals surface area contributed by atoms with Crippen molar-refractivity contribution in [1.82, 2.24) is 29.6 Å². The maximum absolute atomic E-state index is 4.73. The summed E-state index contributed by atoms with van der Waals surface area (Å²) in [5.41, 5.74) is 1.74. The summed E-state index contributed by atoms with van der Waals surface area (Å²) in [4.78, 5) is 16.1. The fraction of sp³-hybridized carbons (Fsp3) is 0.474. The fourth-order valence-corrected chi connectivity index (χ4v) is 3.45. The molecule has 136 valence electrons. The second-order valence-corrected chi connectivity index (χ2v) is 6.83. The van der Waals surface area contributed by atoms with Gasteiger partial charge in [-0.15, -0.1) is 0 Å². The van der Waals surface area contributed by atoms with Gasteiger partial charge in [0.25, 0.3) is 0 Å². The van der Waals surface area contributed by atoms with Crippen LogP contribution in [-0.4, -0.2) is 55.8 Å². The van der Waals surface area contributed by atoms with Gasteiger partial charge in [-0.1, -0.05) is 0 Å². The number of aryl methyl sites for hydroxylation is 1. The Kier molecular flexibility index (Phi) is 5.06. The Morgan fingerprint density at radius 1 is 1.12 bits per heavy atom. The van der Waals surface area contributed by atoms with E-state index >= 15 is 0 Å². The Hall–Kier alpha value is -2.54. The molecule has 0 aliphatic carbocycles. The van der Waals surface area contributed by atoms with Crippen molar-refractivity contribution in [3.63, 3.8) is 0 Å². The molecule has 1 aliphatic rings. The molecule has 0 radical (unpaired) electrons. The third kappa shape index (κ3) is 3.67. The fourth-order valence-electron chi connectivity index (χ4n) is 3.45. The minimum atomic E-state index is 0.675. The first kappa shape index (κ1) is 16.9. The number of nitrogens with one attached hydrogen (secondary N) is 1. The van der Waals surface area contributed by atoms with Crippen LogP contribution >= 0.6 is 0 Å².